The third kappa shape index (κ3) is 4.12. The predicted octanol–water partition coefficient (Wildman–Crippen LogP) is 1.57. The van der Waals surface area contributed by atoms with Crippen LogP contribution in [0.2, 0.25) is 0 Å². The fourth-order valence-electron chi connectivity index (χ4n) is 2.79. The first-order chi connectivity index (χ1) is 9.45. The molecule has 1 saturated heterocycles. The van der Waals surface area contributed by atoms with E-state index in [0.29, 0.717) is 18.0 Å². The molecule has 2 unspecified atom stereocenters. The van der Waals surface area contributed by atoms with E-state index in [1.54, 1.807) is 18.7 Å². The van der Waals surface area contributed by atoms with Gasteiger partial charge in [-0.05, 0) is 18.8 Å². The third-order valence-electron chi connectivity index (χ3n) is 4.33. The monoisotopic (exact) mass is 320 g/mol. The molecule has 0 bridgehead atoms. The van der Waals surface area contributed by atoms with Crippen molar-refractivity contribution < 1.29 is 8.42 Å². The first-order valence-corrected chi connectivity index (χ1v) is 10.6. The highest BCUT2D eigenvalue weighted by molar-refractivity contribution is 8.01. The van der Waals surface area contributed by atoms with Crippen molar-refractivity contribution in [1.82, 2.24) is 10.2 Å². The summed E-state index contributed by atoms with van der Waals surface area (Å²) in [6.07, 6.45) is 2.55. The van der Waals surface area contributed by atoms with Crippen LogP contribution >= 0.6 is 11.8 Å². The van der Waals surface area contributed by atoms with Gasteiger partial charge in [-0.15, -0.1) is 0 Å². The Morgan fingerprint density at radius 3 is 2.60 bits per heavy atom. The zero-order valence-electron chi connectivity index (χ0n) is 12.8. The lowest BCUT2D eigenvalue weighted by Gasteiger charge is -2.42. The van der Waals surface area contributed by atoms with Crippen molar-refractivity contribution in [2.75, 3.05) is 30.3 Å². The molecule has 0 aromatic heterocycles. The van der Waals surface area contributed by atoms with Crippen LogP contribution in [-0.2, 0) is 9.84 Å². The van der Waals surface area contributed by atoms with Gasteiger partial charge < -0.3 is 5.32 Å². The fraction of sp³-hybridized carbons (Fsp3) is 1.00. The number of nitrogens with zero attached hydrogens (tertiary/aromatic N) is 1. The lowest BCUT2D eigenvalue weighted by Crippen LogP contribution is -2.57. The maximum absolute atomic E-state index is 12.4. The highest BCUT2D eigenvalue weighted by Crippen LogP contribution is 2.27. The smallest absolute Gasteiger partial charge is 0.166 e. The van der Waals surface area contributed by atoms with E-state index in [-0.39, 0.29) is 11.1 Å². The highest BCUT2D eigenvalue weighted by Gasteiger charge is 2.38. The van der Waals surface area contributed by atoms with Crippen molar-refractivity contribution in [3.63, 3.8) is 0 Å². The van der Waals surface area contributed by atoms with Crippen LogP contribution in [0.4, 0.5) is 0 Å². The summed E-state index contributed by atoms with van der Waals surface area (Å²) in [5.41, 5.74) is 0. The average Bonchev–Trinajstić information content (AvgIpc) is 3.23. The molecule has 0 aromatic carbocycles. The first-order valence-electron chi connectivity index (χ1n) is 7.74. The normalized spacial score (nSPS) is 26.9. The fourth-order valence-corrected chi connectivity index (χ4v) is 5.86. The summed E-state index contributed by atoms with van der Waals surface area (Å²) < 4.78 is 24.7. The van der Waals surface area contributed by atoms with Crippen molar-refractivity contribution >= 4 is 21.6 Å². The van der Waals surface area contributed by atoms with Crippen molar-refractivity contribution in [3.8, 4) is 0 Å². The number of sulfone groups is 1. The Kier molecular flexibility index (Phi) is 5.79. The molecule has 2 fully saturated rings. The van der Waals surface area contributed by atoms with Crippen LogP contribution in [0.1, 0.15) is 33.6 Å². The summed E-state index contributed by atoms with van der Waals surface area (Å²) in [5.74, 6) is 2.49. The SMILES string of the molecule is CCS(=O)(=O)C1CSCCN1C(CNC1CC1)C(C)C. The van der Waals surface area contributed by atoms with E-state index in [9.17, 15) is 8.42 Å². The largest absolute Gasteiger partial charge is 0.312 e. The Morgan fingerprint density at radius 2 is 2.05 bits per heavy atom. The molecule has 118 valence electrons. The van der Waals surface area contributed by atoms with E-state index in [2.05, 4.69) is 24.1 Å². The van der Waals surface area contributed by atoms with E-state index < -0.39 is 9.84 Å². The number of rotatable bonds is 7. The summed E-state index contributed by atoms with van der Waals surface area (Å²) >= 11 is 1.77. The van der Waals surface area contributed by atoms with Crippen LogP contribution in [-0.4, -0.2) is 61.1 Å². The second kappa shape index (κ2) is 6.99. The summed E-state index contributed by atoms with van der Waals surface area (Å²) in [6, 6.07) is 1.000. The minimum absolute atomic E-state index is 0.246. The lowest BCUT2D eigenvalue weighted by atomic mass is 10.0. The van der Waals surface area contributed by atoms with Crippen molar-refractivity contribution in [3.05, 3.63) is 0 Å². The van der Waals surface area contributed by atoms with Gasteiger partial charge in [0.25, 0.3) is 0 Å². The zero-order valence-corrected chi connectivity index (χ0v) is 14.5. The number of nitrogens with one attached hydrogen (secondary N) is 1. The average molecular weight is 321 g/mol. The molecule has 1 aliphatic carbocycles. The molecule has 1 heterocycles. The van der Waals surface area contributed by atoms with Crippen LogP contribution in [0.15, 0.2) is 0 Å². The Balaban J connectivity index is 2.09. The van der Waals surface area contributed by atoms with Gasteiger partial charge in [0.1, 0.15) is 5.37 Å². The van der Waals surface area contributed by atoms with Crippen molar-refractivity contribution in [2.24, 2.45) is 5.92 Å². The predicted molar refractivity (Wildman–Crippen MR) is 86.9 cm³/mol. The maximum atomic E-state index is 12.4. The Morgan fingerprint density at radius 1 is 1.35 bits per heavy atom. The first kappa shape index (κ1) is 16.6. The van der Waals surface area contributed by atoms with Crippen LogP contribution < -0.4 is 5.32 Å². The van der Waals surface area contributed by atoms with Gasteiger partial charge in [-0.3, -0.25) is 4.90 Å². The Bertz CT molecular complexity index is 407. The molecular weight excluding hydrogens is 292 g/mol. The molecule has 0 aromatic rings. The standard InChI is InChI=1S/C14H28N2O2S2/c1-4-20(17,18)14-10-19-8-7-16(14)13(11(2)3)9-15-12-5-6-12/h11-15H,4-10H2,1-3H3. The van der Waals surface area contributed by atoms with Gasteiger partial charge in [0.05, 0.1) is 0 Å². The molecule has 2 aliphatic rings. The van der Waals surface area contributed by atoms with Gasteiger partial charge in [-0.25, -0.2) is 8.42 Å². The highest BCUT2D eigenvalue weighted by atomic mass is 32.2. The molecule has 20 heavy (non-hydrogen) atoms. The minimum Gasteiger partial charge on any atom is -0.312 e. The molecule has 2 rings (SSSR count). The van der Waals surface area contributed by atoms with Gasteiger partial charge in [0.15, 0.2) is 9.84 Å². The summed E-state index contributed by atoms with van der Waals surface area (Å²) in [6.45, 7) is 7.99. The molecule has 1 aliphatic heterocycles. The molecule has 4 nitrogen and oxygen atoms in total. The van der Waals surface area contributed by atoms with E-state index in [1.165, 1.54) is 12.8 Å². The number of hydrogen-bond donors (Lipinski definition) is 1. The lowest BCUT2D eigenvalue weighted by molar-refractivity contribution is 0.147. The molecule has 2 atom stereocenters. The van der Waals surface area contributed by atoms with Gasteiger partial charge in [0, 0.05) is 42.4 Å². The second-order valence-electron chi connectivity index (χ2n) is 6.21. The Hall–Kier alpha value is 0.220. The third-order valence-corrected chi connectivity index (χ3v) is 7.63. The zero-order chi connectivity index (χ0) is 14.8. The molecule has 1 saturated carbocycles. The van der Waals surface area contributed by atoms with E-state index in [1.807, 2.05) is 0 Å². The summed E-state index contributed by atoms with van der Waals surface area (Å²) in [4.78, 5) is 2.26. The molecule has 1 N–H and O–H groups in total. The van der Waals surface area contributed by atoms with E-state index in [0.717, 1.165) is 24.6 Å². The maximum Gasteiger partial charge on any atom is 0.166 e. The van der Waals surface area contributed by atoms with Gasteiger partial charge in [0.2, 0.25) is 0 Å². The molecule has 6 heteroatoms. The van der Waals surface area contributed by atoms with E-state index in [4.69, 9.17) is 0 Å². The second-order valence-corrected chi connectivity index (χ2v) is 9.81. The van der Waals surface area contributed by atoms with Gasteiger partial charge >= 0.3 is 0 Å². The topological polar surface area (TPSA) is 49.4 Å². The van der Waals surface area contributed by atoms with Crippen LogP contribution in [0, 0.1) is 5.92 Å². The molecule has 0 radical (unpaired) electrons. The van der Waals surface area contributed by atoms with Crippen molar-refractivity contribution in [2.45, 2.75) is 51.1 Å². The summed E-state index contributed by atoms with van der Waals surface area (Å²) in [5, 5.41) is 3.29. The van der Waals surface area contributed by atoms with Crippen LogP contribution in [0.3, 0.4) is 0 Å². The van der Waals surface area contributed by atoms with E-state index >= 15 is 0 Å². The quantitative estimate of drug-likeness (QED) is 0.772. The number of thioether (sulfide) groups is 1. The van der Waals surface area contributed by atoms with Crippen LogP contribution in [0.25, 0.3) is 0 Å². The molecule has 0 amide bonds. The minimum atomic E-state index is -2.99. The van der Waals surface area contributed by atoms with Gasteiger partial charge in [-0.2, -0.15) is 11.8 Å². The Labute approximate surface area is 128 Å². The summed E-state index contributed by atoms with van der Waals surface area (Å²) in [7, 11) is -2.99. The van der Waals surface area contributed by atoms with Crippen LogP contribution in [0.5, 0.6) is 0 Å². The molecule has 0 spiro atoms. The van der Waals surface area contributed by atoms with Crippen molar-refractivity contribution in [1.29, 1.82) is 0 Å². The van der Waals surface area contributed by atoms with Gasteiger partial charge in [-0.1, -0.05) is 20.8 Å². The molecular formula is C14H28N2O2S2. The number of hydrogen-bond acceptors (Lipinski definition) is 5.